The van der Waals surface area contributed by atoms with Gasteiger partial charge in [0.1, 0.15) is 34.1 Å². The van der Waals surface area contributed by atoms with Crippen LogP contribution in [0.15, 0.2) is 72.8 Å². The summed E-state index contributed by atoms with van der Waals surface area (Å²) in [4.78, 5) is 47.2. The number of halogens is 4. The van der Waals surface area contributed by atoms with E-state index in [0.29, 0.717) is 10.0 Å². The lowest BCUT2D eigenvalue weighted by Gasteiger charge is -2.11. The van der Waals surface area contributed by atoms with Gasteiger partial charge in [0.2, 0.25) is 0 Å². The minimum Gasteiger partial charge on any atom is -0.456 e. The minimum atomic E-state index is -1.48. The highest BCUT2D eigenvalue weighted by molar-refractivity contribution is 6.36. The van der Waals surface area contributed by atoms with E-state index in [1.165, 1.54) is 48.5 Å². The molecular weight excluding hydrogens is 626 g/mol. The molecule has 0 saturated carbocycles. The Labute approximate surface area is 250 Å². The lowest BCUT2D eigenvalue weighted by molar-refractivity contribution is -0.385. The standard InChI is InChI=1S/C26H12Cl4N2O9/c27-13-1-7-23(19(29)9-13)39-15-3-5-21(31(35)36)17(11-15)25(33)41-26(34)18-12-16(4-6-22(18)32(37)38)40-24-8-2-14(28)10-20(24)30/h1-12H. The number of nitro benzene ring substituents is 2. The van der Waals surface area contributed by atoms with Crippen molar-refractivity contribution in [2.45, 2.75) is 0 Å². The molecule has 4 rings (SSSR count). The van der Waals surface area contributed by atoms with Crippen LogP contribution < -0.4 is 9.47 Å². The Morgan fingerprint density at radius 3 is 1.32 bits per heavy atom. The van der Waals surface area contributed by atoms with E-state index in [1.807, 2.05) is 0 Å². The molecule has 4 aromatic rings. The van der Waals surface area contributed by atoms with E-state index >= 15 is 0 Å². The molecule has 0 bridgehead atoms. The SMILES string of the molecule is O=C(OC(=O)c1cc(Oc2ccc(Cl)cc2Cl)ccc1[N+](=O)[O-])c1cc(Oc2ccc(Cl)cc2Cl)ccc1[N+](=O)[O-]. The van der Waals surface area contributed by atoms with Crippen molar-refractivity contribution in [1.82, 2.24) is 0 Å². The van der Waals surface area contributed by atoms with E-state index in [2.05, 4.69) is 0 Å². The number of hydrogen-bond donors (Lipinski definition) is 0. The molecule has 0 saturated heterocycles. The Bertz CT molecular complexity index is 1600. The molecule has 0 amide bonds. The maximum atomic E-state index is 12.9. The molecule has 0 heterocycles. The number of ether oxygens (including phenoxy) is 3. The maximum Gasteiger partial charge on any atom is 0.353 e. The van der Waals surface area contributed by atoms with Gasteiger partial charge in [0.25, 0.3) is 11.4 Å². The average molecular weight is 638 g/mol. The second kappa shape index (κ2) is 12.4. The fourth-order valence-corrected chi connectivity index (χ4v) is 4.26. The number of esters is 2. The van der Waals surface area contributed by atoms with Gasteiger partial charge in [-0.05, 0) is 48.5 Å². The lowest BCUT2D eigenvalue weighted by atomic mass is 10.1. The van der Waals surface area contributed by atoms with Crippen LogP contribution in [0.1, 0.15) is 20.7 Å². The fraction of sp³-hybridized carbons (Fsp3) is 0. The van der Waals surface area contributed by atoms with Crippen LogP contribution in [0.4, 0.5) is 11.4 Å². The number of carbonyl (C=O) groups excluding carboxylic acids is 2. The van der Waals surface area contributed by atoms with Gasteiger partial charge < -0.3 is 14.2 Å². The van der Waals surface area contributed by atoms with E-state index in [0.717, 1.165) is 24.3 Å². The summed E-state index contributed by atoms with van der Waals surface area (Å²) >= 11 is 23.9. The van der Waals surface area contributed by atoms with E-state index in [9.17, 15) is 29.8 Å². The fourth-order valence-electron chi connectivity index (χ4n) is 3.37. The Kier molecular flexibility index (Phi) is 8.94. The average Bonchev–Trinajstić information content (AvgIpc) is 2.91. The molecule has 0 spiro atoms. The van der Waals surface area contributed by atoms with Crippen molar-refractivity contribution < 1.29 is 33.6 Å². The number of nitro groups is 2. The molecular formula is C26H12Cl4N2O9. The predicted molar refractivity (Wildman–Crippen MR) is 149 cm³/mol. The van der Waals surface area contributed by atoms with Crippen molar-refractivity contribution in [3.8, 4) is 23.0 Å². The van der Waals surface area contributed by atoms with Gasteiger partial charge in [-0.3, -0.25) is 20.2 Å². The normalized spacial score (nSPS) is 10.5. The van der Waals surface area contributed by atoms with Crippen LogP contribution >= 0.6 is 46.4 Å². The first-order valence-electron chi connectivity index (χ1n) is 11.0. The molecule has 0 aromatic heterocycles. The molecule has 0 fully saturated rings. The Hall–Kier alpha value is -4.42. The molecule has 208 valence electrons. The molecule has 0 radical (unpaired) electrons. The minimum absolute atomic E-state index is 0.0690. The van der Waals surface area contributed by atoms with Gasteiger partial charge >= 0.3 is 11.9 Å². The van der Waals surface area contributed by atoms with Crippen molar-refractivity contribution in [3.05, 3.63) is 124 Å². The smallest absolute Gasteiger partial charge is 0.353 e. The van der Waals surface area contributed by atoms with Crippen molar-refractivity contribution in [2.24, 2.45) is 0 Å². The van der Waals surface area contributed by atoms with Crippen molar-refractivity contribution in [3.63, 3.8) is 0 Å². The Morgan fingerprint density at radius 1 is 0.585 bits per heavy atom. The summed E-state index contributed by atoms with van der Waals surface area (Å²) in [6, 6.07) is 14.8. The zero-order valence-electron chi connectivity index (χ0n) is 20.0. The van der Waals surface area contributed by atoms with Crippen LogP contribution in [0.2, 0.25) is 20.1 Å². The van der Waals surface area contributed by atoms with E-state index in [1.54, 1.807) is 0 Å². The maximum absolute atomic E-state index is 12.9. The van der Waals surface area contributed by atoms with Crippen LogP contribution in [0.25, 0.3) is 0 Å². The summed E-state index contributed by atoms with van der Waals surface area (Å²) in [6.45, 7) is 0. The largest absolute Gasteiger partial charge is 0.456 e. The molecule has 0 aliphatic heterocycles. The molecule has 4 aromatic carbocycles. The summed E-state index contributed by atoms with van der Waals surface area (Å²) in [7, 11) is 0. The first-order valence-corrected chi connectivity index (χ1v) is 12.5. The molecule has 0 aliphatic rings. The van der Waals surface area contributed by atoms with E-state index in [-0.39, 0.29) is 33.0 Å². The predicted octanol–water partition coefficient (Wildman–Crippen LogP) is 8.70. The zero-order chi connectivity index (χ0) is 29.8. The summed E-state index contributed by atoms with van der Waals surface area (Å²) in [6.07, 6.45) is 0. The van der Waals surface area contributed by atoms with Gasteiger partial charge in [0.15, 0.2) is 0 Å². The van der Waals surface area contributed by atoms with Crippen LogP contribution in [0.5, 0.6) is 23.0 Å². The highest BCUT2D eigenvalue weighted by atomic mass is 35.5. The van der Waals surface area contributed by atoms with Crippen LogP contribution in [-0.2, 0) is 4.74 Å². The molecule has 41 heavy (non-hydrogen) atoms. The molecule has 15 heteroatoms. The molecule has 0 N–H and O–H groups in total. The number of hydrogen-bond acceptors (Lipinski definition) is 9. The third-order valence-corrected chi connectivity index (χ3v) is 6.26. The van der Waals surface area contributed by atoms with Gasteiger partial charge in [-0.15, -0.1) is 0 Å². The van der Waals surface area contributed by atoms with Crippen LogP contribution in [0.3, 0.4) is 0 Å². The van der Waals surface area contributed by atoms with Gasteiger partial charge in [-0.2, -0.15) is 0 Å². The van der Waals surface area contributed by atoms with E-state index in [4.69, 9.17) is 60.6 Å². The van der Waals surface area contributed by atoms with Gasteiger partial charge in [-0.1, -0.05) is 46.4 Å². The first kappa shape index (κ1) is 29.6. The topological polar surface area (TPSA) is 148 Å². The molecule has 11 nitrogen and oxygen atoms in total. The van der Waals surface area contributed by atoms with Gasteiger partial charge in [0.05, 0.1) is 19.9 Å². The number of carbonyl (C=O) groups is 2. The summed E-state index contributed by atoms with van der Waals surface area (Å²) < 4.78 is 16.0. The highest BCUT2D eigenvalue weighted by Crippen LogP contribution is 2.36. The lowest BCUT2D eigenvalue weighted by Crippen LogP contribution is -2.15. The van der Waals surface area contributed by atoms with Gasteiger partial charge in [-0.25, -0.2) is 9.59 Å². The highest BCUT2D eigenvalue weighted by Gasteiger charge is 2.29. The second-order valence-electron chi connectivity index (χ2n) is 7.90. The van der Waals surface area contributed by atoms with Crippen molar-refractivity contribution >= 4 is 69.7 Å². The number of benzene rings is 4. The third kappa shape index (κ3) is 7.02. The molecule has 0 aliphatic carbocycles. The Morgan fingerprint density at radius 2 is 0.976 bits per heavy atom. The molecule has 0 atom stereocenters. The zero-order valence-corrected chi connectivity index (χ0v) is 23.0. The summed E-state index contributed by atoms with van der Waals surface area (Å²) in [5.41, 5.74) is -2.79. The quantitative estimate of drug-likeness (QED) is 0.0800. The van der Waals surface area contributed by atoms with Crippen LogP contribution in [-0.4, -0.2) is 21.8 Å². The third-order valence-electron chi connectivity index (χ3n) is 5.20. The van der Waals surface area contributed by atoms with Gasteiger partial charge in [0, 0.05) is 34.3 Å². The Balaban J connectivity index is 1.64. The molecule has 0 unspecified atom stereocenters. The van der Waals surface area contributed by atoms with E-state index < -0.39 is 44.3 Å². The van der Waals surface area contributed by atoms with Crippen molar-refractivity contribution in [2.75, 3.05) is 0 Å². The monoisotopic (exact) mass is 636 g/mol. The van der Waals surface area contributed by atoms with Crippen molar-refractivity contribution in [1.29, 1.82) is 0 Å². The summed E-state index contributed by atoms with van der Waals surface area (Å²) in [5, 5.41) is 24.0. The second-order valence-corrected chi connectivity index (χ2v) is 9.59. The summed E-state index contributed by atoms with van der Waals surface area (Å²) in [5.74, 6) is -2.85. The number of rotatable bonds is 8. The first-order chi connectivity index (χ1) is 19.4. The van der Waals surface area contributed by atoms with Crippen LogP contribution in [0, 0.1) is 20.2 Å². The number of nitrogens with zero attached hydrogens (tertiary/aromatic N) is 2.